The third-order valence-corrected chi connectivity index (χ3v) is 4.70. The van der Waals surface area contributed by atoms with Gasteiger partial charge in [0.1, 0.15) is 17.4 Å². The van der Waals surface area contributed by atoms with E-state index >= 15 is 0 Å². The van der Waals surface area contributed by atoms with Crippen molar-refractivity contribution in [2.45, 2.75) is 32.8 Å². The molecule has 0 aliphatic heterocycles. The molecular weight excluding hydrogens is 359 g/mol. The van der Waals surface area contributed by atoms with Gasteiger partial charge in [0, 0.05) is 24.4 Å². The number of aryl methyl sites for hydroxylation is 3. The van der Waals surface area contributed by atoms with Crippen molar-refractivity contribution in [1.29, 1.82) is 0 Å². The molecule has 0 saturated carbocycles. The lowest BCUT2D eigenvalue weighted by atomic mass is 10.0. The van der Waals surface area contributed by atoms with Gasteiger partial charge < -0.3 is 15.6 Å². The van der Waals surface area contributed by atoms with Crippen LogP contribution in [0.25, 0.3) is 11.3 Å². The van der Waals surface area contributed by atoms with Crippen LogP contribution in [0.2, 0.25) is 0 Å². The first kappa shape index (κ1) is 19.8. The van der Waals surface area contributed by atoms with E-state index < -0.39 is 0 Å². The number of anilines is 1. The fourth-order valence-electron chi connectivity index (χ4n) is 3.17. The van der Waals surface area contributed by atoms with Gasteiger partial charge in [0.05, 0.1) is 25.1 Å². The number of benzene rings is 1. The topological polar surface area (TPSA) is 86.2 Å². The summed E-state index contributed by atoms with van der Waals surface area (Å²) in [6.45, 7) is 2.19. The molecular formula is C21H25FN4O2. The lowest BCUT2D eigenvalue weighted by molar-refractivity contribution is 0.259. The number of unbranched alkanes of at least 4 members (excludes halogenated alkanes) is 1. The van der Waals surface area contributed by atoms with E-state index in [1.165, 1.54) is 12.1 Å². The highest BCUT2D eigenvalue weighted by Gasteiger charge is 2.12. The molecule has 1 aromatic carbocycles. The third kappa shape index (κ3) is 4.48. The maximum Gasteiger partial charge on any atom is 0.126 e. The van der Waals surface area contributed by atoms with Gasteiger partial charge in [-0.05, 0) is 61.6 Å². The van der Waals surface area contributed by atoms with Crippen molar-refractivity contribution in [2.75, 3.05) is 12.3 Å². The van der Waals surface area contributed by atoms with Crippen LogP contribution in [0, 0.1) is 12.7 Å². The van der Waals surface area contributed by atoms with Crippen molar-refractivity contribution in [1.82, 2.24) is 14.8 Å². The zero-order chi connectivity index (χ0) is 20.1. The van der Waals surface area contributed by atoms with Gasteiger partial charge in [-0.25, -0.2) is 9.37 Å². The van der Waals surface area contributed by atoms with Gasteiger partial charge in [-0.15, -0.1) is 0 Å². The quantitative estimate of drug-likeness (QED) is 0.581. The minimum absolute atomic E-state index is 0.249. The first-order chi connectivity index (χ1) is 13.5. The minimum atomic E-state index is -0.382. The average molecular weight is 384 g/mol. The molecule has 0 bridgehead atoms. The lowest BCUT2D eigenvalue weighted by Crippen LogP contribution is -2.02. The fraction of sp³-hybridized carbons (Fsp3) is 0.333. The molecule has 148 valence electrons. The van der Waals surface area contributed by atoms with Crippen LogP contribution >= 0.6 is 0 Å². The minimum Gasteiger partial charge on any atom is -0.493 e. The Balaban J connectivity index is 1.58. The molecule has 0 fully saturated rings. The molecule has 0 aliphatic rings. The SMILES string of the molecule is Cc1cc(-c2c(CCCCOc3ccc(F)cc3CO)cnn2C)cnc1N. The van der Waals surface area contributed by atoms with Crippen LogP contribution in [-0.4, -0.2) is 26.5 Å². The Morgan fingerprint density at radius 1 is 1.18 bits per heavy atom. The van der Waals surface area contributed by atoms with E-state index in [2.05, 4.69) is 10.1 Å². The van der Waals surface area contributed by atoms with Crippen LogP contribution in [-0.2, 0) is 20.1 Å². The number of hydrogen-bond acceptors (Lipinski definition) is 5. The van der Waals surface area contributed by atoms with Gasteiger partial charge in [-0.3, -0.25) is 4.68 Å². The predicted octanol–water partition coefficient (Wildman–Crippen LogP) is 3.41. The molecule has 0 spiro atoms. The lowest BCUT2D eigenvalue weighted by Gasteiger charge is -2.11. The molecule has 0 aliphatic carbocycles. The highest BCUT2D eigenvalue weighted by Crippen LogP contribution is 2.26. The van der Waals surface area contributed by atoms with Crippen LogP contribution < -0.4 is 10.5 Å². The average Bonchev–Trinajstić information content (AvgIpc) is 3.05. The number of aliphatic hydroxyl groups excluding tert-OH is 1. The molecule has 3 N–H and O–H groups in total. The standard InChI is InChI=1S/C21H25FN4O2/c1-14-9-16(11-24-21(14)23)20-15(12-25-26(20)2)5-3-4-8-28-19-7-6-18(22)10-17(19)13-27/h6-7,9-12,27H,3-5,8,13H2,1-2H3,(H2,23,24). The van der Waals surface area contributed by atoms with E-state index in [9.17, 15) is 9.50 Å². The Kier molecular flexibility index (Phi) is 6.26. The normalized spacial score (nSPS) is 11.0. The predicted molar refractivity (Wildman–Crippen MR) is 106 cm³/mol. The van der Waals surface area contributed by atoms with Gasteiger partial charge in [-0.2, -0.15) is 5.10 Å². The Morgan fingerprint density at radius 2 is 2.00 bits per heavy atom. The highest BCUT2D eigenvalue weighted by atomic mass is 19.1. The molecule has 28 heavy (non-hydrogen) atoms. The number of nitrogens with two attached hydrogens (primary N) is 1. The van der Waals surface area contributed by atoms with Crippen molar-refractivity contribution in [3.8, 4) is 17.0 Å². The largest absolute Gasteiger partial charge is 0.493 e. The molecule has 3 aromatic rings. The number of ether oxygens (including phenoxy) is 1. The molecule has 7 heteroatoms. The fourth-order valence-corrected chi connectivity index (χ4v) is 3.17. The van der Waals surface area contributed by atoms with Crippen LogP contribution in [0.1, 0.15) is 29.5 Å². The van der Waals surface area contributed by atoms with Gasteiger partial charge in [-0.1, -0.05) is 0 Å². The van der Waals surface area contributed by atoms with E-state index in [-0.39, 0.29) is 12.4 Å². The van der Waals surface area contributed by atoms with Gasteiger partial charge >= 0.3 is 0 Å². The molecule has 0 unspecified atom stereocenters. The zero-order valence-corrected chi connectivity index (χ0v) is 16.2. The van der Waals surface area contributed by atoms with Crippen molar-refractivity contribution < 1.29 is 14.2 Å². The van der Waals surface area contributed by atoms with E-state index in [0.29, 0.717) is 23.7 Å². The van der Waals surface area contributed by atoms with E-state index in [1.54, 1.807) is 12.3 Å². The molecule has 0 amide bonds. The maximum atomic E-state index is 13.2. The second kappa shape index (κ2) is 8.84. The molecule has 0 atom stereocenters. The summed E-state index contributed by atoms with van der Waals surface area (Å²) in [5.41, 5.74) is 10.4. The van der Waals surface area contributed by atoms with Crippen molar-refractivity contribution >= 4 is 5.82 Å². The summed E-state index contributed by atoms with van der Waals surface area (Å²) in [6, 6.07) is 6.20. The van der Waals surface area contributed by atoms with Gasteiger partial charge in [0.15, 0.2) is 0 Å². The van der Waals surface area contributed by atoms with Gasteiger partial charge in [0.2, 0.25) is 0 Å². The summed E-state index contributed by atoms with van der Waals surface area (Å²) in [6.07, 6.45) is 6.25. The van der Waals surface area contributed by atoms with Crippen LogP contribution in [0.4, 0.5) is 10.2 Å². The summed E-state index contributed by atoms with van der Waals surface area (Å²) in [4.78, 5) is 4.25. The zero-order valence-electron chi connectivity index (χ0n) is 16.2. The Bertz CT molecular complexity index is 956. The smallest absolute Gasteiger partial charge is 0.126 e. The number of rotatable bonds is 8. The molecule has 2 heterocycles. The number of nitrogens with zero attached hydrogens (tertiary/aromatic N) is 3. The van der Waals surface area contributed by atoms with Crippen molar-refractivity contribution in [3.05, 3.63) is 59.2 Å². The second-order valence-electron chi connectivity index (χ2n) is 6.78. The highest BCUT2D eigenvalue weighted by molar-refractivity contribution is 5.65. The molecule has 0 saturated heterocycles. The Labute approximate surface area is 163 Å². The molecule has 2 aromatic heterocycles. The summed E-state index contributed by atoms with van der Waals surface area (Å²) < 4.78 is 20.8. The van der Waals surface area contributed by atoms with Crippen LogP contribution in [0.5, 0.6) is 5.75 Å². The number of aliphatic hydroxyl groups is 1. The first-order valence-electron chi connectivity index (χ1n) is 9.25. The van der Waals surface area contributed by atoms with Crippen molar-refractivity contribution in [3.63, 3.8) is 0 Å². The van der Waals surface area contributed by atoms with Gasteiger partial charge in [0.25, 0.3) is 0 Å². The Morgan fingerprint density at radius 3 is 2.75 bits per heavy atom. The number of halogens is 1. The van der Waals surface area contributed by atoms with Crippen LogP contribution in [0.15, 0.2) is 36.7 Å². The third-order valence-electron chi connectivity index (χ3n) is 4.70. The number of aromatic nitrogens is 3. The Hall–Kier alpha value is -2.93. The molecule has 6 nitrogen and oxygen atoms in total. The monoisotopic (exact) mass is 384 g/mol. The summed E-state index contributed by atoms with van der Waals surface area (Å²) >= 11 is 0. The summed E-state index contributed by atoms with van der Waals surface area (Å²) in [7, 11) is 1.92. The molecule has 3 rings (SSSR count). The van der Waals surface area contributed by atoms with Crippen LogP contribution in [0.3, 0.4) is 0 Å². The maximum absolute atomic E-state index is 13.2. The number of hydrogen-bond donors (Lipinski definition) is 2. The van der Waals surface area contributed by atoms with E-state index in [1.807, 2.05) is 30.9 Å². The van der Waals surface area contributed by atoms with Crippen molar-refractivity contribution in [2.24, 2.45) is 7.05 Å². The number of nitrogen functional groups attached to an aromatic ring is 1. The van der Waals surface area contributed by atoms with E-state index in [0.717, 1.165) is 41.6 Å². The second-order valence-corrected chi connectivity index (χ2v) is 6.78. The summed E-state index contributed by atoms with van der Waals surface area (Å²) in [5, 5.41) is 13.7. The summed E-state index contributed by atoms with van der Waals surface area (Å²) in [5.74, 6) is 0.676. The first-order valence-corrected chi connectivity index (χ1v) is 9.25. The van der Waals surface area contributed by atoms with E-state index in [4.69, 9.17) is 10.5 Å². The number of pyridine rings is 1. The molecule has 0 radical (unpaired) electrons.